The molecule has 2 aromatic heterocycles. The second-order valence-electron chi connectivity index (χ2n) is 9.21. The highest BCUT2D eigenvalue weighted by Gasteiger charge is 2.26. The smallest absolute Gasteiger partial charge is 0.256 e. The highest BCUT2D eigenvalue weighted by atomic mass is 16.2. The standard InChI is InChI=1S/C25H32N6O/c1-29-13-6-14-31(16-15-29)25(32)19-9-4-10-20-24(19)28-22(27-20)17-30(2)21-11-3-7-18-8-5-12-26-23(18)21/h4-5,8-10,12,21H,3,6-7,11,13-17H2,1-2H3,(H,27,28). The molecule has 0 saturated carbocycles. The van der Waals surface area contributed by atoms with E-state index in [2.05, 4.69) is 39.9 Å². The lowest BCUT2D eigenvalue weighted by molar-refractivity contribution is 0.0764. The van der Waals surface area contributed by atoms with Crippen LogP contribution in [0, 0.1) is 0 Å². The van der Waals surface area contributed by atoms with E-state index in [4.69, 9.17) is 4.98 Å². The molecule has 5 rings (SSSR count). The van der Waals surface area contributed by atoms with Gasteiger partial charge in [-0.15, -0.1) is 0 Å². The molecular weight excluding hydrogens is 400 g/mol. The molecule has 32 heavy (non-hydrogen) atoms. The highest BCUT2D eigenvalue weighted by Crippen LogP contribution is 2.32. The Hall–Kier alpha value is -2.77. The number of para-hydroxylation sites is 1. The summed E-state index contributed by atoms with van der Waals surface area (Å²) in [7, 11) is 4.26. The van der Waals surface area contributed by atoms with Gasteiger partial charge in [0.05, 0.1) is 29.4 Å². The van der Waals surface area contributed by atoms with E-state index in [1.54, 1.807) is 0 Å². The molecule has 1 unspecified atom stereocenters. The Morgan fingerprint density at radius 3 is 2.97 bits per heavy atom. The first-order valence-electron chi connectivity index (χ1n) is 11.7. The van der Waals surface area contributed by atoms with E-state index >= 15 is 0 Å². The summed E-state index contributed by atoms with van der Waals surface area (Å²) in [5.74, 6) is 0.976. The van der Waals surface area contributed by atoms with Crippen molar-refractivity contribution in [1.82, 2.24) is 29.7 Å². The lowest BCUT2D eigenvalue weighted by Crippen LogP contribution is -2.34. The number of imidazole rings is 1. The van der Waals surface area contributed by atoms with Crippen LogP contribution in [0.4, 0.5) is 0 Å². The summed E-state index contributed by atoms with van der Waals surface area (Å²) in [4.78, 5) is 32.9. The van der Waals surface area contributed by atoms with E-state index in [-0.39, 0.29) is 5.91 Å². The van der Waals surface area contributed by atoms with Crippen LogP contribution < -0.4 is 0 Å². The summed E-state index contributed by atoms with van der Waals surface area (Å²) < 4.78 is 0. The number of nitrogens with one attached hydrogen (secondary N) is 1. The van der Waals surface area contributed by atoms with Crippen LogP contribution in [-0.4, -0.2) is 75.8 Å². The average molecular weight is 433 g/mol. The highest BCUT2D eigenvalue weighted by molar-refractivity contribution is 6.04. The van der Waals surface area contributed by atoms with E-state index in [1.807, 2.05) is 35.4 Å². The molecule has 7 nitrogen and oxygen atoms in total. The van der Waals surface area contributed by atoms with Crippen LogP contribution in [0.15, 0.2) is 36.5 Å². The third-order valence-corrected chi connectivity index (χ3v) is 6.90. The normalized spacial score (nSPS) is 19.8. The van der Waals surface area contributed by atoms with Crippen molar-refractivity contribution in [2.45, 2.75) is 38.3 Å². The van der Waals surface area contributed by atoms with Gasteiger partial charge in [0, 0.05) is 25.8 Å². The predicted molar refractivity (Wildman–Crippen MR) is 125 cm³/mol. The number of carbonyl (C=O) groups excluding carboxylic acids is 1. The van der Waals surface area contributed by atoms with Gasteiger partial charge in [-0.3, -0.25) is 14.7 Å². The molecule has 2 aliphatic rings. The number of aromatic amines is 1. The molecule has 1 aromatic carbocycles. The molecule has 1 fully saturated rings. The Labute approximate surface area is 189 Å². The van der Waals surface area contributed by atoms with Crippen molar-refractivity contribution in [3.8, 4) is 0 Å². The number of likely N-dealkylation sites (N-methyl/N-ethyl adjacent to an activating group) is 1. The van der Waals surface area contributed by atoms with Gasteiger partial charge in [0.15, 0.2) is 0 Å². The largest absolute Gasteiger partial charge is 0.341 e. The topological polar surface area (TPSA) is 68.4 Å². The Morgan fingerprint density at radius 1 is 1.16 bits per heavy atom. The Morgan fingerprint density at radius 2 is 2.06 bits per heavy atom. The minimum absolute atomic E-state index is 0.0858. The maximum atomic E-state index is 13.3. The average Bonchev–Trinajstić information content (AvgIpc) is 3.10. The summed E-state index contributed by atoms with van der Waals surface area (Å²) in [5, 5.41) is 0. The quantitative estimate of drug-likeness (QED) is 0.686. The fourth-order valence-corrected chi connectivity index (χ4v) is 5.11. The van der Waals surface area contributed by atoms with Crippen LogP contribution in [0.2, 0.25) is 0 Å². The number of hydrogen-bond donors (Lipinski definition) is 1. The van der Waals surface area contributed by atoms with Crippen molar-refractivity contribution in [2.75, 3.05) is 40.3 Å². The van der Waals surface area contributed by atoms with Crippen LogP contribution in [0.5, 0.6) is 0 Å². The van der Waals surface area contributed by atoms with Crippen molar-refractivity contribution in [3.05, 3.63) is 59.2 Å². The maximum Gasteiger partial charge on any atom is 0.256 e. The molecule has 1 N–H and O–H groups in total. The molecule has 1 aliphatic heterocycles. The molecule has 1 amide bonds. The molecule has 0 radical (unpaired) electrons. The van der Waals surface area contributed by atoms with Gasteiger partial charge in [0.2, 0.25) is 0 Å². The molecular formula is C25H32N6O. The number of amides is 1. The van der Waals surface area contributed by atoms with Crippen LogP contribution in [-0.2, 0) is 13.0 Å². The Balaban J connectivity index is 1.37. The summed E-state index contributed by atoms with van der Waals surface area (Å²) in [6, 6.07) is 10.4. The summed E-state index contributed by atoms with van der Waals surface area (Å²) in [5.41, 5.74) is 4.95. The number of H-pyrrole nitrogens is 1. The van der Waals surface area contributed by atoms with E-state index in [9.17, 15) is 4.79 Å². The van der Waals surface area contributed by atoms with E-state index in [0.29, 0.717) is 18.2 Å². The molecule has 1 aliphatic carbocycles. The first-order valence-corrected chi connectivity index (χ1v) is 11.7. The second-order valence-corrected chi connectivity index (χ2v) is 9.21. The summed E-state index contributed by atoms with van der Waals surface area (Å²) >= 11 is 0. The lowest BCUT2D eigenvalue weighted by atomic mass is 9.91. The minimum Gasteiger partial charge on any atom is -0.341 e. The second kappa shape index (κ2) is 9.00. The van der Waals surface area contributed by atoms with Crippen molar-refractivity contribution < 1.29 is 4.79 Å². The van der Waals surface area contributed by atoms with Crippen molar-refractivity contribution in [3.63, 3.8) is 0 Å². The third kappa shape index (κ3) is 4.14. The zero-order valence-electron chi connectivity index (χ0n) is 19.0. The van der Waals surface area contributed by atoms with Crippen LogP contribution >= 0.6 is 0 Å². The van der Waals surface area contributed by atoms with Gasteiger partial charge in [-0.2, -0.15) is 0 Å². The zero-order chi connectivity index (χ0) is 22.1. The number of aryl methyl sites for hydroxylation is 1. The molecule has 168 valence electrons. The number of hydrogen-bond acceptors (Lipinski definition) is 5. The zero-order valence-corrected chi connectivity index (χ0v) is 19.0. The number of benzene rings is 1. The van der Waals surface area contributed by atoms with Crippen molar-refractivity contribution in [2.24, 2.45) is 0 Å². The van der Waals surface area contributed by atoms with Crippen LogP contribution in [0.25, 0.3) is 11.0 Å². The van der Waals surface area contributed by atoms with E-state index in [1.165, 1.54) is 17.7 Å². The molecule has 7 heteroatoms. The molecule has 0 spiro atoms. The number of rotatable bonds is 4. The Bertz CT molecular complexity index is 1110. The maximum absolute atomic E-state index is 13.3. The van der Waals surface area contributed by atoms with Gasteiger partial charge in [-0.1, -0.05) is 12.1 Å². The number of fused-ring (bicyclic) bond motifs is 2. The van der Waals surface area contributed by atoms with Crippen LogP contribution in [0.3, 0.4) is 0 Å². The minimum atomic E-state index is 0.0858. The van der Waals surface area contributed by atoms with Gasteiger partial charge >= 0.3 is 0 Å². The van der Waals surface area contributed by atoms with E-state index in [0.717, 1.165) is 62.3 Å². The van der Waals surface area contributed by atoms with Crippen molar-refractivity contribution in [1.29, 1.82) is 0 Å². The Kier molecular flexibility index (Phi) is 5.93. The fraction of sp³-hybridized carbons (Fsp3) is 0.480. The fourth-order valence-electron chi connectivity index (χ4n) is 5.11. The van der Waals surface area contributed by atoms with Gasteiger partial charge in [-0.05, 0) is 70.1 Å². The lowest BCUT2D eigenvalue weighted by Gasteiger charge is -2.31. The van der Waals surface area contributed by atoms with Crippen LogP contribution in [0.1, 0.15) is 52.7 Å². The van der Waals surface area contributed by atoms with Crippen molar-refractivity contribution >= 4 is 16.9 Å². The van der Waals surface area contributed by atoms with E-state index < -0.39 is 0 Å². The number of nitrogens with zero attached hydrogens (tertiary/aromatic N) is 5. The molecule has 3 aromatic rings. The number of pyridine rings is 1. The molecule has 0 bridgehead atoms. The number of carbonyl (C=O) groups is 1. The first kappa shape index (κ1) is 21.1. The number of aromatic nitrogens is 3. The summed E-state index contributed by atoms with van der Waals surface area (Å²) in [6.45, 7) is 4.20. The molecule has 1 saturated heterocycles. The van der Waals surface area contributed by atoms with Gasteiger partial charge in [-0.25, -0.2) is 4.98 Å². The first-order chi connectivity index (χ1) is 15.6. The van der Waals surface area contributed by atoms with Gasteiger partial charge < -0.3 is 14.8 Å². The molecule has 3 heterocycles. The third-order valence-electron chi connectivity index (χ3n) is 6.90. The molecule has 1 atom stereocenters. The summed E-state index contributed by atoms with van der Waals surface area (Å²) in [6.07, 6.45) is 6.29. The van der Waals surface area contributed by atoms with Gasteiger partial charge in [0.1, 0.15) is 11.3 Å². The van der Waals surface area contributed by atoms with Gasteiger partial charge in [0.25, 0.3) is 5.91 Å². The SMILES string of the molecule is CN1CCCN(C(=O)c2cccc3[nH]c(CN(C)C4CCCc5cccnc54)nc23)CC1. The predicted octanol–water partition coefficient (Wildman–Crippen LogP) is 3.25. The monoisotopic (exact) mass is 432 g/mol.